The van der Waals surface area contributed by atoms with Crippen LogP contribution in [-0.2, 0) is 22.7 Å². The second-order valence-electron chi connectivity index (χ2n) is 8.99. The van der Waals surface area contributed by atoms with Crippen LogP contribution in [0.5, 0.6) is 0 Å². The summed E-state index contributed by atoms with van der Waals surface area (Å²) in [5.74, 6) is -0.527. The van der Waals surface area contributed by atoms with E-state index in [0.717, 1.165) is 22.2 Å². The molecule has 2 N–H and O–H groups in total. The highest BCUT2D eigenvalue weighted by Gasteiger charge is 2.20. The van der Waals surface area contributed by atoms with Crippen molar-refractivity contribution < 1.29 is 9.59 Å². The fraction of sp³-hybridized carbons (Fsp3) is 0.346. The number of benzene rings is 2. The van der Waals surface area contributed by atoms with Crippen molar-refractivity contribution in [3.05, 3.63) is 74.4 Å². The van der Waals surface area contributed by atoms with Gasteiger partial charge in [-0.15, -0.1) is 5.10 Å². The Morgan fingerprint density at radius 1 is 1.00 bits per heavy atom. The molecule has 0 fully saturated rings. The minimum absolute atomic E-state index is 0.0167. The Morgan fingerprint density at radius 2 is 1.69 bits per heavy atom. The van der Waals surface area contributed by atoms with Crippen molar-refractivity contribution in [2.45, 2.75) is 59.7 Å². The molecule has 36 heavy (non-hydrogen) atoms. The molecule has 2 amide bonds. The van der Waals surface area contributed by atoms with Crippen molar-refractivity contribution in [2.24, 2.45) is 0 Å². The van der Waals surface area contributed by atoms with E-state index in [1.807, 2.05) is 45.9 Å². The number of para-hydroxylation sites is 2. The van der Waals surface area contributed by atoms with Gasteiger partial charge in [0.1, 0.15) is 6.54 Å². The molecule has 1 atom stereocenters. The predicted octanol–water partition coefficient (Wildman–Crippen LogP) is 2.37. The number of hydrogen-bond acceptors (Lipinski definition) is 5. The van der Waals surface area contributed by atoms with Gasteiger partial charge < -0.3 is 10.6 Å². The SMILES string of the molecule is CCC(C)NC(=O)CCn1c(=O)c2ccccc2n2c(=O)n(CC(=O)Nc3c(C)cccc3C)nc12. The van der Waals surface area contributed by atoms with Gasteiger partial charge >= 0.3 is 5.69 Å². The van der Waals surface area contributed by atoms with Gasteiger partial charge in [-0.05, 0) is 50.5 Å². The summed E-state index contributed by atoms with van der Waals surface area (Å²) in [5, 5.41) is 10.4. The van der Waals surface area contributed by atoms with Crippen molar-refractivity contribution >= 4 is 34.2 Å². The molecular formula is C26H30N6O4. The first-order valence-corrected chi connectivity index (χ1v) is 12.0. The summed E-state index contributed by atoms with van der Waals surface area (Å²) < 4.78 is 3.68. The summed E-state index contributed by atoms with van der Waals surface area (Å²) in [7, 11) is 0. The number of carbonyl (C=O) groups is 2. The molecule has 4 aromatic rings. The molecule has 4 rings (SSSR count). The molecule has 0 bridgehead atoms. The Hall–Kier alpha value is -4.21. The smallest absolute Gasteiger partial charge is 0.352 e. The Labute approximate surface area is 207 Å². The van der Waals surface area contributed by atoms with Gasteiger partial charge in [0.25, 0.3) is 5.56 Å². The molecule has 2 heterocycles. The molecule has 188 valence electrons. The zero-order chi connectivity index (χ0) is 26.0. The van der Waals surface area contributed by atoms with Crippen molar-refractivity contribution in [1.82, 2.24) is 24.1 Å². The van der Waals surface area contributed by atoms with Gasteiger partial charge in [-0.1, -0.05) is 37.3 Å². The standard InChI is InChI=1S/C26H30N6O4/c1-5-18(4)27-21(33)13-14-30-24(35)19-11-6-7-12-20(19)32-25(30)29-31(26(32)36)15-22(34)28-23-16(2)9-8-10-17(23)3/h6-12,18H,5,13-15H2,1-4H3,(H,27,33)(H,28,34). The normalized spacial score (nSPS) is 12.1. The molecule has 0 spiro atoms. The summed E-state index contributed by atoms with van der Waals surface area (Å²) >= 11 is 0. The van der Waals surface area contributed by atoms with Crippen molar-refractivity contribution in [3.63, 3.8) is 0 Å². The fourth-order valence-corrected chi connectivity index (χ4v) is 4.16. The summed E-state index contributed by atoms with van der Waals surface area (Å²) in [6, 6.07) is 12.4. The number of hydrogen-bond donors (Lipinski definition) is 2. The van der Waals surface area contributed by atoms with Crippen LogP contribution in [0.3, 0.4) is 0 Å². The summed E-state index contributed by atoms with van der Waals surface area (Å²) in [6.45, 7) is 7.37. The number of nitrogens with zero attached hydrogens (tertiary/aromatic N) is 4. The molecule has 10 heteroatoms. The van der Waals surface area contributed by atoms with Crippen molar-refractivity contribution in [2.75, 3.05) is 5.32 Å². The maximum atomic E-state index is 13.3. The average Bonchev–Trinajstić information content (AvgIpc) is 3.16. The zero-order valence-corrected chi connectivity index (χ0v) is 20.9. The van der Waals surface area contributed by atoms with E-state index >= 15 is 0 Å². The van der Waals surface area contributed by atoms with Crippen LogP contribution < -0.4 is 21.9 Å². The molecule has 0 saturated heterocycles. The third-order valence-corrected chi connectivity index (χ3v) is 6.31. The first kappa shape index (κ1) is 24.9. The quantitative estimate of drug-likeness (QED) is 0.393. The van der Waals surface area contributed by atoms with Gasteiger partial charge in [0.15, 0.2) is 0 Å². The minimum atomic E-state index is -0.546. The Morgan fingerprint density at radius 3 is 2.39 bits per heavy atom. The van der Waals surface area contributed by atoms with Gasteiger partial charge in [0, 0.05) is 24.7 Å². The lowest BCUT2D eigenvalue weighted by Crippen LogP contribution is -2.34. The van der Waals surface area contributed by atoms with Crippen LogP contribution in [0.2, 0.25) is 0 Å². The van der Waals surface area contributed by atoms with E-state index in [2.05, 4.69) is 15.7 Å². The van der Waals surface area contributed by atoms with E-state index in [-0.39, 0.29) is 42.8 Å². The zero-order valence-electron chi connectivity index (χ0n) is 20.9. The number of nitrogens with one attached hydrogen (secondary N) is 2. The third kappa shape index (κ3) is 4.79. The van der Waals surface area contributed by atoms with E-state index in [0.29, 0.717) is 16.6 Å². The number of carbonyl (C=O) groups excluding carboxylic acids is 2. The van der Waals surface area contributed by atoms with Gasteiger partial charge in [-0.3, -0.25) is 19.0 Å². The predicted molar refractivity (Wildman–Crippen MR) is 138 cm³/mol. The molecule has 0 aliphatic carbocycles. The number of rotatable bonds is 8. The van der Waals surface area contributed by atoms with Gasteiger partial charge in [0.05, 0.1) is 10.9 Å². The largest absolute Gasteiger partial charge is 0.354 e. The van der Waals surface area contributed by atoms with E-state index in [1.54, 1.807) is 24.3 Å². The minimum Gasteiger partial charge on any atom is -0.354 e. The van der Waals surface area contributed by atoms with Crippen LogP contribution in [0.25, 0.3) is 16.7 Å². The highest BCUT2D eigenvalue weighted by molar-refractivity contribution is 5.92. The van der Waals surface area contributed by atoms with Gasteiger partial charge in [-0.2, -0.15) is 0 Å². The van der Waals surface area contributed by atoms with Gasteiger partial charge in [0.2, 0.25) is 17.6 Å². The second-order valence-corrected chi connectivity index (χ2v) is 8.99. The Balaban J connectivity index is 1.73. The lowest BCUT2D eigenvalue weighted by molar-refractivity contribution is -0.122. The number of anilines is 1. The molecule has 0 saturated carbocycles. The van der Waals surface area contributed by atoms with Gasteiger partial charge in [-0.25, -0.2) is 13.9 Å². The van der Waals surface area contributed by atoms with Crippen LogP contribution in [0.4, 0.5) is 5.69 Å². The van der Waals surface area contributed by atoms with Crippen LogP contribution in [0.1, 0.15) is 37.8 Å². The molecule has 10 nitrogen and oxygen atoms in total. The van der Waals surface area contributed by atoms with E-state index < -0.39 is 11.6 Å². The van der Waals surface area contributed by atoms with Crippen LogP contribution >= 0.6 is 0 Å². The number of amides is 2. The topological polar surface area (TPSA) is 120 Å². The van der Waals surface area contributed by atoms with Crippen molar-refractivity contribution in [1.29, 1.82) is 0 Å². The Kier molecular flexibility index (Phi) is 7.05. The molecule has 2 aromatic heterocycles. The highest BCUT2D eigenvalue weighted by atomic mass is 16.2. The molecule has 0 radical (unpaired) electrons. The molecule has 0 aliphatic heterocycles. The summed E-state index contributed by atoms with van der Waals surface area (Å²) in [6.07, 6.45) is 0.835. The monoisotopic (exact) mass is 490 g/mol. The first-order valence-electron chi connectivity index (χ1n) is 12.0. The van der Waals surface area contributed by atoms with E-state index in [1.165, 1.54) is 8.97 Å². The van der Waals surface area contributed by atoms with Crippen LogP contribution in [0.15, 0.2) is 52.1 Å². The molecule has 0 aliphatic rings. The molecular weight excluding hydrogens is 460 g/mol. The average molecular weight is 491 g/mol. The van der Waals surface area contributed by atoms with Crippen molar-refractivity contribution in [3.8, 4) is 0 Å². The first-order chi connectivity index (χ1) is 17.2. The lowest BCUT2D eigenvalue weighted by Gasteiger charge is -2.13. The maximum Gasteiger partial charge on any atom is 0.352 e. The fourth-order valence-electron chi connectivity index (χ4n) is 4.16. The van der Waals surface area contributed by atoms with E-state index in [9.17, 15) is 19.2 Å². The lowest BCUT2D eigenvalue weighted by atomic mass is 10.1. The van der Waals surface area contributed by atoms with Crippen LogP contribution in [0, 0.1) is 13.8 Å². The maximum absolute atomic E-state index is 13.3. The molecule has 2 aromatic carbocycles. The van der Waals surface area contributed by atoms with Crippen LogP contribution in [-0.4, -0.2) is 36.6 Å². The second kappa shape index (κ2) is 10.2. The highest BCUT2D eigenvalue weighted by Crippen LogP contribution is 2.19. The third-order valence-electron chi connectivity index (χ3n) is 6.31. The summed E-state index contributed by atoms with van der Waals surface area (Å²) in [4.78, 5) is 51.8. The Bertz CT molecular complexity index is 1560. The number of aromatic nitrogens is 4. The number of fused-ring (bicyclic) bond motifs is 3. The number of aryl methyl sites for hydroxylation is 3. The summed E-state index contributed by atoms with van der Waals surface area (Å²) in [5.41, 5.74) is 1.99. The molecule has 1 unspecified atom stereocenters. The van der Waals surface area contributed by atoms with E-state index in [4.69, 9.17) is 0 Å².